The van der Waals surface area contributed by atoms with Crippen molar-refractivity contribution in [1.82, 2.24) is 4.90 Å². The normalized spacial score (nSPS) is 21.9. The van der Waals surface area contributed by atoms with E-state index in [-0.39, 0.29) is 0 Å². The van der Waals surface area contributed by atoms with Crippen LogP contribution in [-0.2, 0) is 4.79 Å². The van der Waals surface area contributed by atoms with E-state index in [1.165, 1.54) is 13.0 Å². The summed E-state index contributed by atoms with van der Waals surface area (Å²) in [5.74, 6) is 0.887. The van der Waals surface area contributed by atoms with Gasteiger partial charge in [-0.3, -0.25) is 4.79 Å². The minimum atomic E-state index is 0.378. The van der Waals surface area contributed by atoms with Crippen LogP contribution in [0.15, 0.2) is 0 Å². The molecule has 0 aliphatic heterocycles. The number of carbonyl (C=O) groups excluding carboxylic acids is 1. The first kappa shape index (κ1) is 12.7. The number of hydrogen-bond acceptors (Lipinski definition) is 2. The highest BCUT2D eigenvalue weighted by atomic mass is 16.1. The van der Waals surface area contributed by atoms with Crippen LogP contribution in [0.1, 0.15) is 52.9 Å². The zero-order valence-corrected chi connectivity index (χ0v) is 10.5. The lowest BCUT2D eigenvalue weighted by molar-refractivity contribution is -0.120. The van der Waals surface area contributed by atoms with Crippen LogP contribution < -0.4 is 0 Å². The number of carbonyl (C=O) groups is 1. The predicted molar refractivity (Wildman–Crippen MR) is 64.0 cm³/mol. The van der Waals surface area contributed by atoms with E-state index >= 15 is 0 Å². The molecule has 1 unspecified atom stereocenters. The molecule has 0 aromatic carbocycles. The van der Waals surface area contributed by atoms with E-state index in [0.29, 0.717) is 17.7 Å². The van der Waals surface area contributed by atoms with Gasteiger partial charge in [0.15, 0.2) is 0 Å². The Hall–Kier alpha value is -0.370. The molecular weight excluding hydrogens is 186 g/mol. The van der Waals surface area contributed by atoms with E-state index in [1.807, 2.05) is 0 Å². The summed E-state index contributed by atoms with van der Waals surface area (Å²) in [6.45, 7) is 8.97. The summed E-state index contributed by atoms with van der Waals surface area (Å²) in [4.78, 5) is 14.0. The lowest BCUT2D eigenvalue weighted by atomic mass is 10.0. The van der Waals surface area contributed by atoms with Crippen LogP contribution in [0, 0.1) is 5.92 Å². The average molecular weight is 211 g/mol. The molecule has 0 N–H and O–H groups in total. The Balaban J connectivity index is 2.29. The fourth-order valence-corrected chi connectivity index (χ4v) is 2.43. The van der Waals surface area contributed by atoms with Gasteiger partial charge < -0.3 is 4.90 Å². The van der Waals surface area contributed by atoms with Gasteiger partial charge in [-0.1, -0.05) is 6.92 Å². The van der Waals surface area contributed by atoms with Gasteiger partial charge in [-0.15, -0.1) is 0 Å². The smallest absolute Gasteiger partial charge is 0.136 e. The van der Waals surface area contributed by atoms with Crippen LogP contribution in [0.4, 0.5) is 0 Å². The van der Waals surface area contributed by atoms with Gasteiger partial charge in [0.1, 0.15) is 5.78 Å². The standard InChI is InChI=1S/C13H25NO/c1-4-9-14(11(2)3)10-8-12-6-5-7-13(12)15/h11-12H,4-10H2,1-3H3. The molecule has 88 valence electrons. The van der Waals surface area contributed by atoms with Crippen LogP contribution in [0.2, 0.25) is 0 Å². The minimum Gasteiger partial charge on any atom is -0.301 e. The predicted octanol–water partition coefficient (Wildman–Crippen LogP) is 2.87. The molecule has 0 aromatic heterocycles. The molecule has 1 rings (SSSR count). The molecule has 0 heterocycles. The fourth-order valence-electron chi connectivity index (χ4n) is 2.43. The first-order chi connectivity index (χ1) is 7.15. The third kappa shape index (κ3) is 3.94. The van der Waals surface area contributed by atoms with Gasteiger partial charge in [0.25, 0.3) is 0 Å². The molecule has 1 atom stereocenters. The van der Waals surface area contributed by atoms with Crippen LogP contribution in [0.5, 0.6) is 0 Å². The average Bonchev–Trinajstić information content (AvgIpc) is 2.58. The van der Waals surface area contributed by atoms with Gasteiger partial charge >= 0.3 is 0 Å². The Morgan fingerprint density at radius 1 is 1.40 bits per heavy atom. The van der Waals surface area contributed by atoms with E-state index in [2.05, 4.69) is 25.7 Å². The molecule has 0 amide bonds. The van der Waals surface area contributed by atoms with Gasteiger partial charge in [-0.05, 0) is 52.6 Å². The topological polar surface area (TPSA) is 20.3 Å². The molecule has 1 saturated carbocycles. The van der Waals surface area contributed by atoms with Gasteiger partial charge in [0.2, 0.25) is 0 Å². The van der Waals surface area contributed by atoms with Gasteiger partial charge in [-0.2, -0.15) is 0 Å². The van der Waals surface area contributed by atoms with E-state index in [0.717, 1.165) is 32.2 Å². The van der Waals surface area contributed by atoms with Crippen LogP contribution >= 0.6 is 0 Å². The van der Waals surface area contributed by atoms with Crippen molar-refractivity contribution in [3.63, 3.8) is 0 Å². The minimum absolute atomic E-state index is 0.378. The fraction of sp³-hybridized carbons (Fsp3) is 0.923. The summed E-state index contributed by atoms with van der Waals surface area (Å²) in [6, 6.07) is 0.612. The second-order valence-corrected chi connectivity index (χ2v) is 4.97. The molecule has 1 aliphatic rings. The molecule has 1 aliphatic carbocycles. The van der Waals surface area contributed by atoms with Crippen molar-refractivity contribution in [1.29, 1.82) is 0 Å². The summed E-state index contributed by atoms with van der Waals surface area (Å²) < 4.78 is 0. The van der Waals surface area contributed by atoms with Crippen molar-refractivity contribution in [2.24, 2.45) is 5.92 Å². The zero-order valence-electron chi connectivity index (χ0n) is 10.5. The van der Waals surface area contributed by atoms with Crippen molar-refractivity contribution in [2.45, 2.75) is 58.9 Å². The van der Waals surface area contributed by atoms with Crippen molar-refractivity contribution in [3.05, 3.63) is 0 Å². The Morgan fingerprint density at radius 3 is 2.60 bits per heavy atom. The van der Waals surface area contributed by atoms with E-state index in [4.69, 9.17) is 0 Å². The molecule has 0 aromatic rings. The Labute approximate surface area is 94.0 Å². The summed E-state index contributed by atoms with van der Waals surface area (Å²) in [5.41, 5.74) is 0. The summed E-state index contributed by atoms with van der Waals surface area (Å²) >= 11 is 0. The van der Waals surface area contributed by atoms with Crippen molar-refractivity contribution in [3.8, 4) is 0 Å². The van der Waals surface area contributed by atoms with Gasteiger partial charge in [-0.25, -0.2) is 0 Å². The Morgan fingerprint density at radius 2 is 2.13 bits per heavy atom. The molecule has 1 fully saturated rings. The summed E-state index contributed by atoms with van der Waals surface area (Å²) in [7, 11) is 0. The van der Waals surface area contributed by atoms with Gasteiger partial charge in [0.05, 0.1) is 0 Å². The van der Waals surface area contributed by atoms with Crippen molar-refractivity contribution in [2.75, 3.05) is 13.1 Å². The van der Waals surface area contributed by atoms with E-state index in [9.17, 15) is 4.79 Å². The maximum absolute atomic E-state index is 11.5. The number of ketones is 1. The molecule has 2 nitrogen and oxygen atoms in total. The van der Waals surface area contributed by atoms with Crippen LogP contribution in [0.25, 0.3) is 0 Å². The van der Waals surface area contributed by atoms with E-state index in [1.54, 1.807) is 0 Å². The molecular formula is C13H25NO. The summed E-state index contributed by atoms with van der Waals surface area (Å²) in [6.07, 6.45) is 5.38. The van der Waals surface area contributed by atoms with Crippen molar-refractivity contribution >= 4 is 5.78 Å². The number of Topliss-reactive ketones (excluding diaryl/α,β-unsaturated/α-hetero) is 1. The maximum atomic E-state index is 11.5. The second kappa shape index (κ2) is 6.26. The first-order valence-electron chi connectivity index (χ1n) is 6.42. The molecule has 0 radical (unpaired) electrons. The van der Waals surface area contributed by atoms with Crippen LogP contribution in [-0.4, -0.2) is 29.8 Å². The monoisotopic (exact) mass is 211 g/mol. The molecule has 0 saturated heterocycles. The summed E-state index contributed by atoms with van der Waals surface area (Å²) in [5, 5.41) is 0. The molecule has 0 spiro atoms. The highest BCUT2D eigenvalue weighted by Gasteiger charge is 2.24. The van der Waals surface area contributed by atoms with Gasteiger partial charge in [0, 0.05) is 18.4 Å². The maximum Gasteiger partial charge on any atom is 0.136 e. The van der Waals surface area contributed by atoms with E-state index < -0.39 is 0 Å². The lowest BCUT2D eigenvalue weighted by Gasteiger charge is -2.26. The highest BCUT2D eigenvalue weighted by Crippen LogP contribution is 2.24. The van der Waals surface area contributed by atoms with Crippen molar-refractivity contribution < 1.29 is 4.79 Å². The molecule has 0 bridgehead atoms. The highest BCUT2D eigenvalue weighted by molar-refractivity contribution is 5.82. The number of nitrogens with zero attached hydrogens (tertiary/aromatic N) is 1. The second-order valence-electron chi connectivity index (χ2n) is 4.97. The Bertz CT molecular complexity index is 201. The first-order valence-corrected chi connectivity index (χ1v) is 6.42. The molecule has 15 heavy (non-hydrogen) atoms. The quantitative estimate of drug-likeness (QED) is 0.673. The Kier molecular flexibility index (Phi) is 5.30. The van der Waals surface area contributed by atoms with Crippen LogP contribution in [0.3, 0.4) is 0 Å². The SMILES string of the molecule is CCCN(CCC1CCCC1=O)C(C)C. The largest absolute Gasteiger partial charge is 0.301 e. The third-order valence-electron chi connectivity index (χ3n) is 3.44. The number of rotatable bonds is 6. The number of hydrogen-bond donors (Lipinski definition) is 0. The zero-order chi connectivity index (χ0) is 11.3. The third-order valence-corrected chi connectivity index (χ3v) is 3.44. The lowest BCUT2D eigenvalue weighted by Crippen LogP contribution is -2.33. The molecule has 2 heteroatoms.